The Morgan fingerprint density at radius 2 is 0.581 bits per heavy atom. The van der Waals surface area contributed by atoms with Crippen LogP contribution in [0.4, 0.5) is 34.1 Å². The monoisotopic (exact) mass is 1200 g/mol. The van der Waals surface area contributed by atoms with Crippen molar-refractivity contribution in [3.8, 4) is 77.9 Å². The van der Waals surface area contributed by atoms with Crippen molar-refractivity contribution in [2.75, 3.05) is 9.80 Å². The summed E-state index contributed by atoms with van der Waals surface area (Å²) >= 11 is 0. The van der Waals surface area contributed by atoms with E-state index in [0.717, 1.165) is 32.1 Å². The van der Waals surface area contributed by atoms with Crippen LogP contribution in [-0.4, -0.2) is 6.71 Å². The van der Waals surface area contributed by atoms with Crippen molar-refractivity contribution in [1.82, 2.24) is 0 Å². The Hall–Kier alpha value is -9.70. The molecule has 12 aromatic rings. The number of anilines is 6. The van der Waals surface area contributed by atoms with Crippen molar-refractivity contribution < 1.29 is 0 Å². The smallest absolute Gasteiger partial charge is 0.252 e. The van der Waals surface area contributed by atoms with Crippen molar-refractivity contribution in [3.63, 3.8) is 0 Å². The summed E-state index contributed by atoms with van der Waals surface area (Å²) in [5, 5.41) is 0. The Balaban J connectivity index is 1.13. The number of rotatable bonds is 24. The summed E-state index contributed by atoms with van der Waals surface area (Å²) in [6.07, 6.45) is 17.6. The first kappa shape index (κ1) is 60.8. The van der Waals surface area contributed by atoms with Gasteiger partial charge in [0.1, 0.15) is 0 Å². The normalized spacial score (nSPS) is 12.2. The molecule has 2 heterocycles. The standard InChI is InChI=1S/C90H85BN2/c1-4-7-10-19-35-65-38-34-51-74(56-65)75-53-55-85-83(64-75)91-82-57-66(36-20-11-8-5-2)52-54-84(82)92(89-78(70-43-26-15-27-44-70)60-76(68-39-22-13-23-40-68)61-79(89)71-45-28-16-29-46-71)86-58-67(37-21-12-9-6-3)59-87(88(86)91)93(85)90-80(72-47-30-17-31-48-72)62-77(69-41-24-14-25-42-69)63-81(90)73-49-32-18-33-50-73/h13-18,22-34,38-64H,4-12,19-21,35-37H2,1-3H3. The van der Waals surface area contributed by atoms with Crippen LogP contribution in [0.15, 0.2) is 279 Å². The van der Waals surface area contributed by atoms with E-state index in [1.165, 1.54) is 209 Å². The van der Waals surface area contributed by atoms with E-state index in [1.54, 1.807) is 0 Å². The lowest BCUT2D eigenvalue weighted by Crippen LogP contribution is -2.61. The fourth-order valence-corrected chi connectivity index (χ4v) is 14.9. The molecular formula is C90H85BN2. The average molecular weight is 1210 g/mol. The van der Waals surface area contributed by atoms with Gasteiger partial charge in [-0.1, -0.05) is 309 Å². The maximum atomic E-state index is 2.75. The van der Waals surface area contributed by atoms with Crippen LogP contribution in [0.2, 0.25) is 0 Å². The second-order valence-corrected chi connectivity index (χ2v) is 26.0. The van der Waals surface area contributed by atoms with Crippen molar-refractivity contribution in [2.45, 2.75) is 117 Å². The molecule has 3 heteroatoms. The van der Waals surface area contributed by atoms with E-state index in [2.05, 4.69) is 310 Å². The maximum absolute atomic E-state index is 2.75. The molecule has 2 aliphatic heterocycles. The topological polar surface area (TPSA) is 6.48 Å². The van der Waals surface area contributed by atoms with Crippen molar-refractivity contribution in [2.24, 2.45) is 0 Å². The van der Waals surface area contributed by atoms with Gasteiger partial charge in [0.05, 0.1) is 11.4 Å². The zero-order valence-corrected chi connectivity index (χ0v) is 54.6. The Morgan fingerprint density at radius 3 is 0.989 bits per heavy atom. The summed E-state index contributed by atoms with van der Waals surface area (Å²) in [6.45, 7) is 6.85. The van der Waals surface area contributed by atoms with Gasteiger partial charge in [-0.15, -0.1) is 0 Å². The van der Waals surface area contributed by atoms with Crippen molar-refractivity contribution in [1.29, 1.82) is 0 Å². The minimum absolute atomic E-state index is 0.109. The third-order valence-electron chi connectivity index (χ3n) is 19.6. The molecule has 0 amide bonds. The molecule has 0 N–H and O–H groups in total. The highest BCUT2D eigenvalue weighted by Gasteiger charge is 2.46. The molecule has 2 aliphatic rings. The number of hydrogen-bond acceptors (Lipinski definition) is 2. The first-order chi connectivity index (χ1) is 46.0. The highest BCUT2D eigenvalue weighted by molar-refractivity contribution is 7.00. The number of fused-ring (bicyclic) bond motifs is 4. The summed E-state index contributed by atoms with van der Waals surface area (Å²) in [6, 6.07) is 107. The summed E-state index contributed by atoms with van der Waals surface area (Å²) in [5.41, 5.74) is 32.3. The van der Waals surface area contributed by atoms with Crippen LogP contribution in [0.1, 0.15) is 115 Å². The van der Waals surface area contributed by atoms with Gasteiger partial charge in [0.15, 0.2) is 0 Å². The van der Waals surface area contributed by atoms with Crippen LogP contribution in [0.25, 0.3) is 77.9 Å². The molecule has 93 heavy (non-hydrogen) atoms. The van der Waals surface area contributed by atoms with E-state index >= 15 is 0 Å². The number of aryl methyl sites for hydroxylation is 3. The number of unbranched alkanes of at least 4 members (excludes halogenated alkanes) is 9. The van der Waals surface area contributed by atoms with Crippen molar-refractivity contribution >= 4 is 57.2 Å². The van der Waals surface area contributed by atoms with Gasteiger partial charge in [-0.3, -0.25) is 0 Å². The Bertz CT molecular complexity index is 4360. The summed E-state index contributed by atoms with van der Waals surface area (Å²) in [7, 11) is 0. The second-order valence-electron chi connectivity index (χ2n) is 26.0. The zero-order chi connectivity index (χ0) is 62.9. The van der Waals surface area contributed by atoms with Gasteiger partial charge in [0.2, 0.25) is 0 Å². The van der Waals surface area contributed by atoms with Gasteiger partial charge in [-0.25, -0.2) is 0 Å². The van der Waals surface area contributed by atoms with Crippen molar-refractivity contribution in [3.05, 3.63) is 296 Å². The maximum Gasteiger partial charge on any atom is 0.252 e. The fraction of sp³-hybridized carbons (Fsp3) is 0.200. The lowest BCUT2D eigenvalue weighted by atomic mass is 9.33. The Labute approximate surface area is 554 Å². The predicted molar refractivity (Wildman–Crippen MR) is 402 cm³/mol. The summed E-state index contributed by atoms with van der Waals surface area (Å²) in [4.78, 5) is 5.50. The molecule has 0 bridgehead atoms. The van der Waals surface area contributed by atoms with Gasteiger partial charge in [-0.2, -0.15) is 0 Å². The van der Waals surface area contributed by atoms with Crippen LogP contribution in [0.3, 0.4) is 0 Å². The summed E-state index contributed by atoms with van der Waals surface area (Å²) in [5.74, 6) is 0. The Kier molecular flexibility index (Phi) is 18.6. The van der Waals surface area contributed by atoms with Crippen LogP contribution in [0, 0.1) is 0 Å². The third kappa shape index (κ3) is 12.7. The largest absolute Gasteiger partial charge is 0.310 e. The first-order valence-corrected chi connectivity index (χ1v) is 34.9. The molecular weight excluding hydrogens is 1120 g/mol. The van der Waals surface area contributed by atoms with E-state index in [1.807, 2.05) is 0 Å². The summed E-state index contributed by atoms with van der Waals surface area (Å²) < 4.78 is 0. The van der Waals surface area contributed by atoms with Gasteiger partial charge < -0.3 is 9.80 Å². The molecule has 0 atom stereocenters. The van der Waals surface area contributed by atoms with E-state index in [0.29, 0.717) is 0 Å². The SMILES string of the molecule is CCCCCCc1cccc(-c2ccc3c(c2)B2c4cc(CCCCCC)ccc4N(c4c(-c5ccccc5)cc(-c5ccccc5)cc4-c4ccccc4)c4cc(CCCCCC)cc(c42)N3c2c(-c3ccccc3)cc(-c3ccccc3)cc2-c2ccccc2)c1. The van der Waals surface area contributed by atoms with E-state index in [-0.39, 0.29) is 6.71 Å². The lowest BCUT2D eigenvalue weighted by Gasteiger charge is -2.46. The molecule has 458 valence electrons. The van der Waals surface area contributed by atoms with Gasteiger partial charge in [-0.05, 0) is 176 Å². The molecule has 0 unspecified atom stereocenters. The first-order valence-electron chi connectivity index (χ1n) is 34.9. The molecule has 0 aromatic heterocycles. The average Bonchev–Trinajstić information content (AvgIpc) is 0.693. The van der Waals surface area contributed by atoms with Crippen LogP contribution in [0.5, 0.6) is 0 Å². The van der Waals surface area contributed by atoms with E-state index < -0.39 is 0 Å². The number of hydrogen-bond donors (Lipinski definition) is 0. The molecule has 0 spiro atoms. The minimum Gasteiger partial charge on any atom is -0.310 e. The molecule has 0 fully saturated rings. The quantitative estimate of drug-likeness (QED) is 0.0439. The zero-order valence-electron chi connectivity index (χ0n) is 54.6. The second kappa shape index (κ2) is 28.4. The van der Waals surface area contributed by atoms with E-state index in [9.17, 15) is 0 Å². The highest BCUT2D eigenvalue weighted by atomic mass is 15.2. The third-order valence-corrected chi connectivity index (χ3v) is 19.6. The minimum atomic E-state index is -0.109. The van der Waals surface area contributed by atoms with Gasteiger partial charge >= 0.3 is 0 Å². The highest BCUT2D eigenvalue weighted by Crippen LogP contribution is 2.54. The van der Waals surface area contributed by atoms with Crippen LogP contribution >= 0.6 is 0 Å². The molecule has 0 radical (unpaired) electrons. The van der Waals surface area contributed by atoms with Crippen LogP contribution in [-0.2, 0) is 19.3 Å². The number of nitrogens with zero attached hydrogens (tertiary/aromatic N) is 2. The molecule has 12 aromatic carbocycles. The predicted octanol–water partition coefficient (Wildman–Crippen LogP) is 23.8. The lowest BCUT2D eigenvalue weighted by molar-refractivity contribution is 0.667. The Morgan fingerprint density at radius 1 is 0.237 bits per heavy atom. The van der Waals surface area contributed by atoms with Gasteiger partial charge in [0, 0.05) is 45.0 Å². The molecule has 0 saturated heterocycles. The molecule has 0 saturated carbocycles. The van der Waals surface area contributed by atoms with Gasteiger partial charge in [0.25, 0.3) is 6.71 Å². The molecule has 2 nitrogen and oxygen atoms in total. The number of benzene rings is 12. The van der Waals surface area contributed by atoms with Crippen LogP contribution < -0.4 is 26.2 Å². The molecule has 0 aliphatic carbocycles. The fourth-order valence-electron chi connectivity index (χ4n) is 14.9. The molecule has 14 rings (SSSR count). The van der Waals surface area contributed by atoms with E-state index in [4.69, 9.17) is 0 Å².